The average Bonchev–Trinajstić information content (AvgIpc) is 3.69. The fraction of sp³-hybridized carbons (Fsp3) is 0.455. The highest BCUT2D eigenvalue weighted by molar-refractivity contribution is 6.36. The molecule has 0 aliphatic carbocycles. The zero-order chi connectivity index (χ0) is 31.9. The van der Waals surface area contributed by atoms with Gasteiger partial charge in [0.25, 0.3) is 5.91 Å². The number of hydrogen-bond donors (Lipinski definition) is 0. The van der Waals surface area contributed by atoms with E-state index < -0.39 is 23.6 Å². The lowest BCUT2D eigenvalue weighted by Gasteiger charge is -2.42. The van der Waals surface area contributed by atoms with Crippen LogP contribution >= 0.6 is 11.6 Å². The van der Waals surface area contributed by atoms with Crippen molar-refractivity contribution >= 4 is 39.8 Å². The van der Waals surface area contributed by atoms with Gasteiger partial charge in [0.1, 0.15) is 18.2 Å². The monoisotopic (exact) mass is 649 g/mol. The fourth-order valence-electron chi connectivity index (χ4n) is 7.23. The molecule has 13 heteroatoms. The number of carbonyl (C=O) groups excluding carboxylic acids is 1. The first-order valence-electron chi connectivity index (χ1n) is 15.6. The number of morpholine rings is 1. The minimum Gasteiger partial charge on any atom is -0.462 e. The minimum atomic E-state index is -1.04. The summed E-state index contributed by atoms with van der Waals surface area (Å²) in [5, 5.41) is 11.1. The summed E-state index contributed by atoms with van der Waals surface area (Å²) in [4.78, 5) is 30.2. The molecule has 10 nitrogen and oxygen atoms in total. The Bertz CT molecular complexity index is 1740. The van der Waals surface area contributed by atoms with Crippen molar-refractivity contribution in [2.24, 2.45) is 0 Å². The highest BCUT2D eigenvalue weighted by atomic mass is 35.5. The Morgan fingerprint density at radius 1 is 1.17 bits per heavy atom. The summed E-state index contributed by atoms with van der Waals surface area (Å²) < 4.78 is 40.3. The standard InChI is InChI=1S/C33H34ClF2N7O3/c1-20(35)32(44)43-12-11-42(16-22(43)7-9-37)31-25-8-10-41(28-4-2-3-21-5-6-26(36)30(34)29(21)28)18-27(25)38-33(39-31)45-14-13-40-17-24-15-23(40)19-46-24/h2-6,22-24H,1,7-8,10-19H2/t22-,23-,24-/m0/s1. The van der Waals surface area contributed by atoms with Gasteiger partial charge in [-0.1, -0.05) is 36.4 Å². The summed E-state index contributed by atoms with van der Waals surface area (Å²) in [5.41, 5.74) is 2.53. The van der Waals surface area contributed by atoms with E-state index in [4.69, 9.17) is 31.0 Å². The maximum Gasteiger partial charge on any atom is 0.318 e. The van der Waals surface area contributed by atoms with E-state index >= 15 is 0 Å². The van der Waals surface area contributed by atoms with Crippen molar-refractivity contribution in [2.75, 3.05) is 62.3 Å². The highest BCUT2D eigenvalue weighted by Crippen LogP contribution is 2.38. The van der Waals surface area contributed by atoms with Gasteiger partial charge < -0.3 is 24.2 Å². The van der Waals surface area contributed by atoms with Crippen LogP contribution in [0.5, 0.6) is 6.01 Å². The first-order valence-corrected chi connectivity index (χ1v) is 16.0. The number of benzene rings is 2. The topological polar surface area (TPSA) is 98.1 Å². The summed E-state index contributed by atoms with van der Waals surface area (Å²) in [7, 11) is 0. The quantitative estimate of drug-likeness (QED) is 0.332. The lowest BCUT2D eigenvalue weighted by atomic mass is 10.0. The van der Waals surface area contributed by atoms with E-state index in [1.54, 1.807) is 6.07 Å². The summed E-state index contributed by atoms with van der Waals surface area (Å²) in [6.07, 6.45) is 1.97. The van der Waals surface area contributed by atoms with E-state index in [1.165, 1.54) is 11.0 Å². The summed E-state index contributed by atoms with van der Waals surface area (Å²) in [6, 6.07) is 11.1. The van der Waals surface area contributed by atoms with Gasteiger partial charge in [-0.05, 0) is 30.4 Å². The van der Waals surface area contributed by atoms with Crippen molar-refractivity contribution < 1.29 is 23.0 Å². The molecular weight excluding hydrogens is 616 g/mol. The van der Waals surface area contributed by atoms with Gasteiger partial charge in [-0.25, -0.2) is 8.78 Å². The van der Waals surface area contributed by atoms with E-state index in [2.05, 4.69) is 22.4 Å². The van der Waals surface area contributed by atoms with E-state index in [-0.39, 0.29) is 24.0 Å². The van der Waals surface area contributed by atoms with Crippen molar-refractivity contribution in [3.63, 3.8) is 0 Å². The normalized spacial score (nSPS) is 22.7. The molecule has 1 amide bonds. The van der Waals surface area contributed by atoms with Crippen LogP contribution in [0.15, 0.2) is 42.7 Å². The molecule has 0 saturated carbocycles. The molecule has 4 aliphatic heterocycles. The number of halogens is 3. The molecule has 7 rings (SSSR count). The Morgan fingerprint density at radius 2 is 2.04 bits per heavy atom. The maximum absolute atomic E-state index is 14.6. The molecule has 4 aliphatic rings. The number of piperazine rings is 1. The first-order chi connectivity index (χ1) is 22.3. The minimum absolute atomic E-state index is 0.0417. The van der Waals surface area contributed by atoms with Crippen LogP contribution in [0.25, 0.3) is 10.8 Å². The fourth-order valence-corrected chi connectivity index (χ4v) is 7.50. The molecule has 3 saturated heterocycles. The van der Waals surface area contributed by atoms with Crippen LogP contribution < -0.4 is 14.5 Å². The van der Waals surface area contributed by atoms with Gasteiger partial charge in [0.2, 0.25) is 0 Å². The number of nitriles is 1. The van der Waals surface area contributed by atoms with Gasteiger partial charge in [0.15, 0.2) is 5.83 Å². The molecule has 46 heavy (non-hydrogen) atoms. The number of fused-ring (bicyclic) bond motifs is 4. The molecule has 3 atom stereocenters. The summed E-state index contributed by atoms with van der Waals surface area (Å²) in [6.45, 7) is 7.87. The molecule has 0 unspecified atom stereocenters. The Morgan fingerprint density at radius 3 is 2.80 bits per heavy atom. The Labute approximate surface area is 270 Å². The van der Waals surface area contributed by atoms with Crippen molar-refractivity contribution in [3.05, 3.63) is 64.8 Å². The maximum atomic E-state index is 14.6. The van der Waals surface area contributed by atoms with Crippen LogP contribution in [0.3, 0.4) is 0 Å². The van der Waals surface area contributed by atoms with Crippen molar-refractivity contribution in [2.45, 2.75) is 44.0 Å². The number of aromatic nitrogens is 2. The number of nitrogens with zero attached hydrogens (tertiary/aromatic N) is 7. The average molecular weight is 650 g/mol. The number of rotatable bonds is 8. The van der Waals surface area contributed by atoms with Crippen LogP contribution in [-0.4, -0.2) is 96.3 Å². The molecule has 3 aromatic rings. The number of hydrogen-bond acceptors (Lipinski definition) is 9. The molecule has 240 valence electrons. The Hall–Kier alpha value is -4.05. The van der Waals surface area contributed by atoms with Gasteiger partial charge in [0.05, 0.1) is 48.5 Å². The van der Waals surface area contributed by atoms with Crippen LogP contribution in [0.4, 0.5) is 20.3 Å². The van der Waals surface area contributed by atoms with Crippen molar-refractivity contribution in [3.8, 4) is 12.1 Å². The molecule has 5 heterocycles. The Balaban J connectivity index is 1.19. The highest BCUT2D eigenvalue weighted by Gasteiger charge is 2.39. The van der Waals surface area contributed by atoms with Gasteiger partial charge in [-0.15, -0.1) is 0 Å². The van der Waals surface area contributed by atoms with Gasteiger partial charge >= 0.3 is 6.01 Å². The van der Waals surface area contributed by atoms with Crippen molar-refractivity contribution in [1.29, 1.82) is 5.26 Å². The van der Waals surface area contributed by atoms with Gasteiger partial charge in [0, 0.05) is 61.9 Å². The molecule has 1 aromatic heterocycles. The summed E-state index contributed by atoms with van der Waals surface area (Å²) in [5.74, 6) is -1.63. The van der Waals surface area contributed by atoms with E-state index in [0.717, 1.165) is 48.4 Å². The second-order valence-corrected chi connectivity index (χ2v) is 12.6. The zero-order valence-corrected chi connectivity index (χ0v) is 26.1. The zero-order valence-electron chi connectivity index (χ0n) is 25.3. The molecule has 3 fully saturated rings. The molecular formula is C33H34ClF2N7O3. The lowest BCUT2D eigenvalue weighted by molar-refractivity contribution is -0.131. The van der Waals surface area contributed by atoms with Gasteiger partial charge in [-0.3, -0.25) is 9.69 Å². The third-order valence-electron chi connectivity index (χ3n) is 9.50. The largest absolute Gasteiger partial charge is 0.462 e. The van der Waals surface area contributed by atoms with Gasteiger partial charge in [-0.2, -0.15) is 15.2 Å². The number of likely N-dealkylation sites (tertiary alicyclic amines) is 1. The van der Waals surface area contributed by atoms with Crippen LogP contribution in [0.2, 0.25) is 5.02 Å². The predicted octanol–water partition coefficient (Wildman–Crippen LogP) is 4.25. The third-order valence-corrected chi connectivity index (χ3v) is 9.87. The molecule has 0 spiro atoms. The number of carbonyl (C=O) groups is 1. The SMILES string of the molecule is C=C(F)C(=O)N1CCN(c2nc(OCCN3C[C@@H]4C[C@H]3CO4)nc3c2CCN(c2cccc4ccc(F)c(Cl)c24)C3)C[C@@H]1CC#N. The lowest BCUT2D eigenvalue weighted by Crippen LogP contribution is -2.55. The van der Waals surface area contributed by atoms with E-state index in [1.807, 2.05) is 23.1 Å². The predicted molar refractivity (Wildman–Crippen MR) is 169 cm³/mol. The van der Waals surface area contributed by atoms with Crippen LogP contribution in [0.1, 0.15) is 24.1 Å². The molecule has 0 N–H and O–H groups in total. The number of anilines is 2. The second kappa shape index (κ2) is 12.6. The Kier molecular flexibility index (Phi) is 8.40. The number of amides is 1. The number of ether oxygens (including phenoxy) is 2. The molecule has 2 bridgehead atoms. The summed E-state index contributed by atoms with van der Waals surface area (Å²) >= 11 is 6.48. The second-order valence-electron chi connectivity index (χ2n) is 12.2. The van der Waals surface area contributed by atoms with E-state index in [0.29, 0.717) is 62.6 Å². The first kappa shape index (κ1) is 30.6. The van der Waals surface area contributed by atoms with E-state index in [9.17, 15) is 18.8 Å². The smallest absolute Gasteiger partial charge is 0.318 e. The van der Waals surface area contributed by atoms with Crippen LogP contribution in [-0.2, 0) is 22.5 Å². The molecule has 2 aromatic carbocycles. The van der Waals surface area contributed by atoms with Crippen molar-refractivity contribution in [1.82, 2.24) is 19.8 Å². The van der Waals surface area contributed by atoms with Crippen LogP contribution in [0, 0.1) is 17.1 Å². The molecule has 0 radical (unpaired) electrons. The third kappa shape index (κ3) is 5.72.